The number of nitrogens with zero attached hydrogens (tertiary/aromatic N) is 1. The lowest BCUT2D eigenvalue weighted by Crippen LogP contribution is -2.35. The Kier molecular flexibility index (Phi) is 7.64. The van der Waals surface area contributed by atoms with E-state index < -0.39 is 0 Å². The minimum absolute atomic E-state index is 0.142. The van der Waals surface area contributed by atoms with Gasteiger partial charge in [0.15, 0.2) is 5.76 Å². The summed E-state index contributed by atoms with van der Waals surface area (Å²) in [6.45, 7) is 0.934. The SMILES string of the molecule is COCCCNC(=O)c1c(NC(=O)CN(C)C(=O)c2ccco2)sc2c1CCCC2. The van der Waals surface area contributed by atoms with Crippen LogP contribution in [0.1, 0.15) is 50.6 Å². The first-order valence-electron chi connectivity index (χ1n) is 10.0. The van der Waals surface area contributed by atoms with Crippen molar-refractivity contribution in [2.24, 2.45) is 0 Å². The second-order valence-corrected chi connectivity index (χ2v) is 8.31. The molecule has 3 amide bonds. The molecule has 0 aromatic carbocycles. The molecular weight excluding hydrogens is 406 g/mol. The van der Waals surface area contributed by atoms with E-state index in [1.807, 2.05) is 0 Å². The monoisotopic (exact) mass is 433 g/mol. The van der Waals surface area contributed by atoms with Crippen LogP contribution in [0.5, 0.6) is 0 Å². The number of hydrogen-bond acceptors (Lipinski definition) is 6. The van der Waals surface area contributed by atoms with E-state index in [0.29, 0.717) is 23.7 Å². The van der Waals surface area contributed by atoms with Crippen molar-refractivity contribution in [3.05, 3.63) is 40.2 Å². The van der Waals surface area contributed by atoms with E-state index in [-0.39, 0.29) is 30.0 Å². The first-order valence-corrected chi connectivity index (χ1v) is 10.8. The lowest BCUT2D eigenvalue weighted by atomic mass is 9.95. The molecule has 0 spiro atoms. The molecule has 8 nitrogen and oxygen atoms in total. The third-order valence-corrected chi connectivity index (χ3v) is 6.13. The second kappa shape index (κ2) is 10.4. The minimum atomic E-state index is -0.378. The summed E-state index contributed by atoms with van der Waals surface area (Å²) < 4.78 is 10.1. The summed E-state index contributed by atoms with van der Waals surface area (Å²) >= 11 is 1.46. The predicted molar refractivity (Wildman–Crippen MR) is 114 cm³/mol. The van der Waals surface area contributed by atoms with Crippen LogP contribution < -0.4 is 10.6 Å². The molecule has 0 bridgehead atoms. The van der Waals surface area contributed by atoms with Gasteiger partial charge in [-0.3, -0.25) is 14.4 Å². The normalized spacial score (nSPS) is 12.9. The van der Waals surface area contributed by atoms with Crippen LogP contribution in [-0.2, 0) is 22.4 Å². The van der Waals surface area contributed by atoms with E-state index in [1.54, 1.807) is 19.2 Å². The molecule has 9 heteroatoms. The van der Waals surface area contributed by atoms with Crippen molar-refractivity contribution in [2.45, 2.75) is 32.1 Å². The van der Waals surface area contributed by atoms with Crippen molar-refractivity contribution in [3.63, 3.8) is 0 Å². The molecule has 162 valence electrons. The Morgan fingerprint density at radius 2 is 2.07 bits per heavy atom. The summed E-state index contributed by atoms with van der Waals surface area (Å²) in [5.74, 6) is -0.741. The van der Waals surface area contributed by atoms with Gasteiger partial charge >= 0.3 is 0 Å². The lowest BCUT2D eigenvalue weighted by Gasteiger charge is -2.16. The minimum Gasteiger partial charge on any atom is -0.459 e. The molecule has 0 saturated heterocycles. The number of furan rings is 1. The number of methoxy groups -OCH3 is 1. The molecular formula is C21H27N3O5S. The molecule has 3 rings (SSSR count). The summed E-state index contributed by atoms with van der Waals surface area (Å²) in [5.41, 5.74) is 1.59. The van der Waals surface area contributed by atoms with Crippen LogP contribution in [0.15, 0.2) is 22.8 Å². The number of rotatable bonds is 9. The highest BCUT2D eigenvalue weighted by Gasteiger charge is 2.27. The highest BCUT2D eigenvalue weighted by Crippen LogP contribution is 2.38. The Balaban J connectivity index is 1.69. The maximum atomic E-state index is 12.9. The molecule has 0 radical (unpaired) electrons. The number of carbonyl (C=O) groups excluding carboxylic acids is 3. The number of nitrogens with one attached hydrogen (secondary N) is 2. The standard InChI is InChI=1S/C21H27N3O5S/c1-24(21(27)15-8-5-12-29-15)13-17(25)23-20-18(19(26)22-10-6-11-28-2)14-7-3-4-9-16(14)30-20/h5,8,12H,3-4,6-7,9-11,13H2,1-2H3,(H,22,26)(H,23,25). The zero-order valence-corrected chi connectivity index (χ0v) is 18.1. The number of amides is 3. The fourth-order valence-electron chi connectivity index (χ4n) is 3.44. The number of anilines is 1. The number of aryl methyl sites for hydroxylation is 1. The molecule has 2 aromatic rings. The van der Waals surface area contributed by atoms with Gasteiger partial charge in [0.2, 0.25) is 5.91 Å². The van der Waals surface area contributed by atoms with Crippen LogP contribution in [-0.4, -0.2) is 56.5 Å². The van der Waals surface area contributed by atoms with Crippen molar-refractivity contribution in [2.75, 3.05) is 39.2 Å². The Labute approximate surface area is 179 Å². The van der Waals surface area contributed by atoms with E-state index >= 15 is 0 Å². The van der Waals surface area contributed by atoms with E-state index in [1.165, 1.54) is 29.5 Å². The van der Waals surface area contributed by atoms with Crippen molar-refractivity contribution in [1.82, 2.24) is 10.2 Å². The summed E-state index contributed by atoms with van der Waals surface area (Å²) in [6.07, 6.45) is 5.98. The molecule has 1 aliphatic rings. The summed E-state index contributed by atoms with van der Waals surface area (Å²) in [4.78, 5) is 40.2. The quantitative estimate of drug-likeness (QED) is 0.592. The molecule has 0 unspecified atom stereocenters. The second-order valence-electron chi connectivity index (χ2n) is 7.20. The van der Waals surface area contributed by atoms with Gasteiger partial charge in [0.25, 0.3) is 11.8 Å². The van der Waals surface area contributed by atoms with Crippen LogP contribution in [0, 0.1) is 0 Å². The van der Waals surface area contributed by atoms with E-state index in [4.69, 9.17) is 9.15 Å². The number of thiophene rings is 1. The number of carbonyl (C=O) groups is 3. The van der Waals surface area contributed by atoms with Gasteiger partial charge in [-0.1, -0.05) is 0 Å². The first-order chi connectivity index (χ1) is 14.5. The molecule has 0 atom stereocenters. The van der Waals surface area contributed by atoms with Crippen molar-refractivity contribution in [1.29, 1.82) is 0 Å². The maximum Gasteiger partial charge on any atom is 0.289 e. The molecule has 2 heterocycles. The maximum absolute atomic E-state index is 12.9. The fourth-order valence-corrected chi connectivity index (χ4v) is 4.75. The molecule has 30 heavy (non-hydrogen) atoms. The zero-order chi connectivity index (χ0) is 21.5. The average molecular weight is 434 g/mol. The molecule has 0 fully saturated rings. The van der Waals surface area contributed by atoms with Gasteiger partial charge in [-0.15, -0.1) is 11.3 Å². The van der Waals surface area contributed by atoms with Gasteiger partial charge in [-0.05, 0) is 49.8 Å². The zero-order valence-electron chi connectivity index (χ0n) is 17.3. The molecule has 0 aliphatic heterocycles. The van der Waals surface area contributed by atoms with Gasteiger partial charge in [-0.25, -0.2) is 0 Å². The highest BCUT2D eigenvalue weighted by atomic mass is 32.1. The van der Waals surface area contributed by atoms with Crippen molar-refractivity contribution >= 4 is 34.1 Å². The molecule has 2 aromatic heterocycles. The number of likely N-dealkylation sites (N-methyl/N-ethyl adjacent to an activating group) is 1. The highest BCUT2D eigenvalue weighted by molar-refractivity contribution is 7.17. The third kappa shape index (κ3) is 5.28. The van der Waals surface area contributed by atoms with Gasteiger partial charge in [-0.2, -0.15) is 0 Å². The van der Waals surface area contributed by atoms with Crippen LogP contribution >= 0.6 is 11.3 Å². The number of fused-ring (bicyclic) bond motifs is 1. The number of ether oxygens (including phenoxy) is 1. The lowest BCUT2D eigenvalue weighted by molar-refractivity contribution is -0.116. The van der Waals surface area contributed by atoms with Crippen LogP contribution in [0.2, 0.25) is 0 Å². The molecule has 0 saturated carbocycles. The van der Waals surface area contributed by atoms with Crippen LogP contribution in [0.25, 0.3) is 0 Å². The molecule has 2 N–H and O–H groups in total. The fraction of sp³-hybridized carbons (Fsp3) is 0.476. The van der Waals surface area contributed by atoms with E-state index in [2.05, 4.69) is 10.6 Å². The Bertz CT molecular complexity index is 891. The largest absolute Gasteiger partial charge is 0.459 e. The van der Waals surface area contributed by atoms with Crippen LogP contribution in [0.4, 0.5) is 5.00 Å². The smallest absolute Gasteiger partial charge is 0.289 e. The first kappa shape index (κ1) is 22.0. The van der Waals surface area contributed by atoms with Crippen molar-refractivity contribution < 1.29 is 23.5 Å². The van der Waals surface area contributed by atoms with Gasteiger partial charge < -0.3 is 24.7 Å². The number of hydrogen-bond donors (Lipinski definition) is 2. The topological polar surface area (TPSA) is 101 Å². The predicted octanol–water partition coefficient (Wildman–Crippen LogP) is 2.70. The van der Waals surface area contributed by atoms with Gasteiger partial charge in [0, 0.05) is 32.2 Å². The van der Waals surface area contributed by atoms with Gasteiger partial charge in [0.1, 0.15) is 5.00 Å². The molecule has 1 aliphatic carbocycles. The summed E-state index contributed by atoms with van der Waals surface area (Å²) in [5, 5.41) is 6.32. The Morgan fingerprint density at radius 1 is 1.27 bits per heavy atom. The average Bonchev–Trinajstić information content (AvgIpc) is 3.38. The third-order valence-electron chi connectivity index (χ3n) is 4.92. The van der Waals surface area contributed by atoms with Crippen molar-refractivity contribution in [3.8, 4) is 0 Å². The van der Waals surface area contributed by atoms with E-state index in [9.17, 15) is 14.4 Å². The summed E-state index contributed by atoms with van der Waals surface area (Å²) in [7, 11) is 3.16. The Hall–Kier alpha value is -2.65. The van der Waals surface area contributed by atoms with Gasteiger partial charge in [0.05, 0.1) is 18.4 Å². The van der Waals surface area contributed by atoms with Crippen LogP contribution in [0.3, 0.4) is 0 Å². The Morgan fingerprint density at radius 3 is 2.80 bits per heavy atom. The summed E-state index contributed by atoms with van der Waals surface area (Å²) in [6, 6.07) is 3.17. The van der Waals surface area contributed by atoms with E-state index in [0.717, 1.165) is 42.5 Å².